The molecular formula is C16H18ClN3O3S. The van der Waals surface area contributed by atoms with Crippen molar-refractivity contribution >= 4 is 35.1 Å². The van der Waals surface area contributed by atoms with Gasteiger partial charge < -0.3 is 15.2 Å². The van der Waals surface area contributed by atoms with Gasteiger partial charge in [-0.3, -0.25) is 0 Å². The van der Waals surface area contributed by atoms with Crippen LogP contribution in [0.3, 0.4) is 0 Å². The zero-order chi connectivity index (χ0) is 17.5. The summed E-state index contributed by atoms with van der Waals surface area (Å²) in [6, 6.07) is 5.38. The van der Waals surface area contributed by atoms with Crippen LogP contribution in [-0.4, -0.2) is 33.9 Å². The minimum atomic E-state index is -0.471. The molecule has 1 aromatic heterocycles. The molecule has 0 atom stereocenters. The molecule has 0 bridgehead atoms. The van der Waals surface area contributed by atoms with E-state index in [9.17, 15) is 4.79 Å². The van der Waals surface area contributed by atoms with Crippen molar-refractivity contribution in [3.63, 3.8) is 0 Å². The Hall–Kier alpha value is -1.83. The van der Waals surface area contributed by atoms with Gasteiger partial charge in [0.2, 0.25) is 0 Å². The molecule has 1 aromatic carbocycles. The van der Waals surface area contributed by atoms with Crippen molar-refractivity contribution in [1.29, 1.82) is 0 Å². The second-order valence-electron chi connectivity index (χ2n) is 4.78. The molecule has 8 heteroatoms. The Labute approximate surface area is 149 Å². The monoisotopic (exact) mass is 367 g/mol. The maximum Gasteiger partial charge on any atom is 0.343 e. The second kappa shape index (κ2) is 8.86. The van der Waals surface area contributed by atoms with Gasteiger partial charge in [-0.25, -0.2) is 14.8 Å². The molecule has 2 N–H and O–H groups in total. The van der Waals surface area contributed by atoms with Gasteiger partial charge in [0.05, 0.1) is 13.2 Å². The molecule has 0 aliphatic rings. The summed E-state index contributed by atoms with van der Waals surface area (Å²) in [7, 11) is 0. The zero-order valence-corrected chi connectivity index (χ0v) is 14.9. The summed E-state index contributed by atoms with van der Waals surface area (Å²) in [6.45, 7) is 2.33. The Morgan fingerprint density at radius 3 is 2.88 bits per heavy atom. The van der Waals surface area contributed by atoms with Gasteiger partial charge in [0, 0.05) is 17.8 Å². The Balaban J connectivity index is 2.21. The van der Waals surface area contributed by atoms with Crippen LogP contribution >= 0.6 is 23.4 Å². The maximum absolute atomic E-state index is 12.0. The Morgan fingerprint density at radius 2 is 2.25 bits per heavy atom. The van der Waals surface area contributed by atoms with Crippen LogP contribution in [0.1, 0.15) is 28.4 Å². The number of carbonyl (C=O) groups excluding carboxylic acids is 1. The van der Waals surface area contributed by atoms with Gasteiger partial charge in [-0.2, -0.15) is 0 Å². The van der Waals surface area contributed by atoms with E-state index < -0.39 is 5.97 Å². The number of nitrogens with one attached hydrogen (secondary N) is 1. The number of benzene rings is 1. The number of nitrogens with zero attached hydrogens (tertiary/aromatic N) is 2. The molecule has 0 aliphatic heterocycles. The minimum absolute atomic E-state index is 0.109. The Kier molecular flexibility index (Phi) is 6.84. The van der Waals surface area contributed by atoms with Gasteiger partial charge in [-0.1, -0.05) is 35.5 Å². The standard InChI is InChI=1S/C16H18ClN3O3S/c1-3-23-15(22)12-8-19-16(24-2)20-14(12)18-7-10-4-5-11(9-21)13(17)6-10/h4-6,8,21H,3,7,9H2,1-2H3,(H,18,19,20). The molecule has 2 aromatic rings. The number of thioether (sulfide) groups is 1. The molecule has 6 nitrogen and oxygen atoms in total. The number of anilines is 1. The van der Waals surface area contributed by atoms with Gasteiger partial charge >= 0.3 is 5.97 Å². The van der Waals surface area contributed by atoms with E-state index >= 15 is 0 Å². The van der Waals surface area contributed by atoms with Crippen molar-refractivity contribution in [2.45, 2.75) is 25.2 Å². The van der Waals surface area contributed by atoms with Crippen molar-refractivity contribution in [1.82, 2.24) is 9.97 Å². The third-order valence-electron chi connectivity index (χ3n) is 3.19. The highest BCUT2D eigenvalue weighted by Crippen LogP contribution is 2.21. The van der Waals surface area contributed by atoms with E-state index in [1.54, 1.807) is 19.1 Å². The van der Waals surface area contributed by atoms with E-state index in [-0.39, 0.29) is 18.8 Å². The molecule has 0 saturated heterocycles. The predicted octanol–water partition coefficient (Wildman–Crippen LogP) is 3.13. The topological polar surface area (TPSA) is 84.3 Å². The number of esters is 1. The summed E-state index contributed by atoms with van der Waals surface area (Å²) in [4.78, 5) is 20.5. The highest BCUT2D eigenvalue weighted by Gasteiger charge is 2.16. The first-order chi connectivity index (χ1) is 11.6. The van der Waals surface area contributed by atoms with E-state index in [4.69, 9.17) is 21.4 Å². The lowest BCUT2D eigenvalue weighted by molar-refractivity contribution is 0.0526. The van der Waals surface area contributed by atoms with Crippen molar-refractivity contribution in [2.24, 2.45) is 0 Å². The van der Waals surface area contributed by atoms with Crippen molar-refractivity contribution in [2.75, 3.05) is 18.2 Å². The maximum atomic E-state index is 12.0. The lowest BCUT2D eigenvalue weighted by Crippen LogP contribution is -2.12. The average Bonchev–Trinajstić information content (AvgIpc) is 2.60. The lowest BCUT2D eigenvalue weighted by atomic mass is 10.1. The van der Waals surface area contributed by atoms with Crippen molar-refractivity contribution in [3.8, 4) is 0 Å². The van der Waals surface area contributed by atoms with Gasteiger partial charge in [-0.05, 0) is 30.4 Å². The van der Waals surface area contributed by atoms with E-state index in [1.165, 1.54) is 18.0 Å². The number of hydrogen-bond acceptors (Lipinski definition) is 7. The zero-order valence-electron chi connectivity index (χ0n) is 13.4. The fourth-order valence-electron chi connectivity index (χ4n) is 1.97. The highest BCUT2D eigenvalue weighted by molar-refractivity contribution is 7.98. The molecule has 2 rings (SSSR count). The lowest BCUT2D eigenvalue weighted by Gasteiger charge is -2.12. The van der Waals surface area contributed by atoms with Crippen LogP contribution in [0.25, 0.3) is 0 Å². The predicted molar refractivity (Wildman–Crippen MR) is 94.5 cm³/mol. The largest absolute Gasteiger partial charge is 0.462 e. The minimum Gasteiger partial charge on any atom is -0.462 e. The summed E-state index contributed by atoms with van der Waals surface area (Å²) >= 11 is 7.47. The molecule has 128 valence electrons. The van der Waals surface area contributed by atoms with E-state index in [0.29, 0.717) is 28.1 Å². The summed E-state index contributed by atoms with van der Waals surface area (Å²) in [5.74, 6) is -0.0588. The SMILES string of the molecule is CCOC(=O)c1cnc(SC)nc1NCc1ccc(CO)c(Cl)c1. The van der Waals surface area contributed by atoms with Crippen LogP contribution in [0.2, 0.25) is 5.02 Å². The normalized spacial score (nSPS) is 10.5. The first kappa shape index (κ1) is 18.5. The fraction of sp³-hybridized carbons (Fsp3) is 0.312. The molecule has 0 unspecified atom stereocenters. The molecule has 0 spiro atoms. The Morgan fingerprint density at radius 1 is 1.46 bits per heavy atom. The number of aromatic nitrogens is 2. The summed E-state index contributed by atoms with van der Waals surface area (Å²) in [6.07, 6.45) is 3.32. The van der Waals surface area contributed by atoms with Gasteiger partial charge in [0.1, 0.15) is 11.4 Å². The highest BCUT2D eigenvalue weighted by atomic mass is 35.5. The van der Waals surface area contributed by atoms with E-state index in [0.717, 1.165) is 5.56 Å². The number of aliphatic hydroxyl groups is 1. The van der Waals surface area contributed by atoms with E-state index in [1.807, 2.05) is 12.3 Å². The first-order valence-corrected chi connectivity index (χ1v) is 8.89. The summed E-state index contributed by atoms with van der Waals surface area (Å²) in [5, 5.41) is 13.3. The third kappa shape index (κ3) is 4.59. The number of rotatable bonds is 7. The number of halogens is 1. The van der Waals surface area contributed by atoms with E-state index in [2.05, 4.69) is 15.3 Å². The molecule has 0 saturated carbocycles. The van der Waals surface area contributed by atoms with Crippen LogP contribution in [0.15, 0.2) is 29.6 Å². The van der Waals surface area contributed by atoms with Crippen molar-refractivity contribution < 1.29 is 14.6 Å². The van der Waals surface area contributed by atoms with Crippen LogP contribution in [0.4, 0.5) is 5.82 Å². The van der Waals surface area contributed by atoms with Gasteiger partial charge in [0.25, 0.3) is 0 Å². The first-order valence-electron chi connectivity index (χ1n) is 7.29. The van der Waals surface area contributed by atoms with Crippen LogP contribution < -0.4 is 5.32 Å². The average molecular weight is 368 g/mol. The molecule has 1 heterocycles. The van der Waals surface area contributed by atoms with Crippen LogP contribution in [0, 0.1) is 0 Å². The molecule has 0 fully saturated rings. The van der Waals surface area contributed by atoms with Gasteiger partial charge in [-0.15, -0.1) is 0 Å². The fourth-order valence-corrected chi connectivity index (χ4v) is 2.58. The van der Waals surface area contributed by atoms with Crippen molar-refractivity contribution in [3.05, 3.63) is 46.1 Å². The number of aliphatic hydroxyl groups excluding tert-OH is 1. The third-order valence-corrected chi connectivity index (χ3v) is 4.11. The smallest absolute Gasteiger partial charge is 0.343 e. The summed E-state index contributed by atoms with van der Waals surface area (Å²) in [5.41, 5.74) is 1.85. The van der Waals surface area contributed by atoms with Crippen LogP contribution in [-0.2, 0) is 17.9 Å². The molecule has 0 radical (unpaired) electrons. The Bertz CT molecular complexity index is 728. The quantitative estimate of drug-likeness (QED) is 0.441. The summed E-state index contributed by atoms with van der Waals surface area (Å²) < 4.78 is 5.03. The van der Waals surface area contributed by atoms with Crippen LogP contribution in [0.5, 0.6) is 0 Å². The van der Waals surface area contributed by atoms with Gasteiger partial charge in [0.15, 0.2) is 5.16 Å². The molecule has 24 heavy (non-hydrogen) atoms. The number of carbonyl (C=O) groups is 1. The molecule has 0 amide bonds. The second-order valence-corrected chi connectivity index (χ2v) is 5.96. The molecule has 0 aliphatic carbocycles. The number of ether oxygens (including phenoxy) is 1. The number of hydrogen-bond donors (Lipinski definition) is 2. The molecular weight excluding hydrogens is 350 g/mol.